The van der Waals surface area contributed by atoms with Gasteiger partial charge in [-0.1, -0.05) is 72.3 Å². The predicted octanol–water partition coefficient (Wildman–Crippen LogP) is 6.09. The molecule has 0 bridgehead atoms. The summed E-state index contributed by atoms with van der Waals surface area (Å²) in [5, 5.41) is 14.5. The maximum absolute atomic E-state index is 6.04. The Labute approximate surface area is 163 Å². The molecule has 134 valence electrons. The highest BCUT2D eigenvalue weighted by Gasteiger charge is 2.06. The van der Waals surface area contributed by atoms with Gasteiger partial charge in [-0.15, -0.1) is 0 Å². The Morgan fingerprint density at radius 1 is 0.852 bits per heavy atom. The number of hydrogen-bond donors (Lipinski definition) is 3. The summed E-state index contributed by atoms with van der Waals surface area (Å²) in [6.45, 7) is 0.696. The first-order valence-electron chi connectivity index (χ1n) is 8.72. The van der Waals surface area contributed by atoms with E-state index < -0.39 is 0 Å². The minimum atomic E-state index is 0.691. The van der Waals surface area contributed by atoms with Gasteiger partial charge in [0.1, 0.15) is 11.5 Å². The molecule has 0 unspecified atom stereocenters. The van der Waals surface area contributed by atoms with Crippen LogP contribution in [0.15, 0.2) is 85.1 Å². The first kappa shape index (κ1) is 17.2. The van der Waals surface area contributed by atoms with Crippen molar-refractivity contribution in [3.63, 3.8) is 0 Å². The lowest BCUT2D eigenvalue weighted by Crippen LogP contribution is -2.02. The Balaban J connectivity index is 1.41. The van der Waals surface area contributed by atoms with Gasteiger partial charge >= 0.3 is 0 Å². The van der Waals surface area contributed by atoms with Crippen LogP contribution in [0.25, 0.3) is 11.1 Å². The van der Waals surface area contributed by atoms with Crippen molar-refractivity contribution >= 4 is 28.8 Å². The normalized spacial score (nSPS) is 10.6. The van der Waals surface area contributed by atoms with Crippen molar-refractivity contribution in [1.29, 1.82) is 0 Å². The topological polar surface area (TPSA) is 52.7 Å². The van der Waals surface area contributed by atoms with E-state index in [2.05, 4.69) is 69.4 Å². The largest absolute Gasteiger partial charge is 0.365 e. The molecule has 0 saturated heterocycles. The van der Waals surface area contributed by atoms with E-state index in [9.17, 15) is 0 Å². The van der Waals surface area contributed by atoms with Crippen LogP contribution in [-0.2, 0) is 6.54 Å². The third-order valence-corrected chi connectivity index (χ3v) is 4.51. The van der Waals surface area contributed by atoms with E-state index >= 15 is 0 Å². The van der Waals surface area contributed by atoms with Gasteiger partial charge in [0.25, 0.3) is 0 Å². The zero-order chi connectivity index (χ0) is 18.5. The Kier molecular flexibility index (Phi) is 5.08. The number of aromatic nitrogens is 2. The molecule has 0 fully saturated rings. The molecule has 5 heteroatoms. The summed E-state index contributed by atoms with van der Waals surface area (Å²) in [5.41, 5.74) is 5.41. The summed E-state index contributed by atoms with van der Waals surface area (Å²) in [6.07, 6.45) is 1.75. The Bertz CT molecular complexity index is 1010. The molecule has 0 amide bonds. The van der Waals surface area contributed by atoms with E-state index in [0.717, 1.165) is 17.2 Å². The first-order valence-corrected chi connectivity index (χ1v) is 9.10. The van der Waals surface area contributed by atoms with E-state index in [1.54, 1.807) is 6.20 Å². The van der Waals surface area contributed by atoms with Gasteiger partial charge in [0.05, 0.1) is 6.20 Å². The smallest absolute Gasteiger partial charge is 0.145 e. The van der Waals surface area contributed by atoms with Gasteiger partial charge in [-0.05, 0) is 34.9 Å². The summed E-state index contributed by atoms with van der Waals surface area (Å²) in [5.74, 6) is 0.835. The number of H-pyrrole nitrogens is 1. The molecule has 0 radical (unpaired) electrons. The van der Waals surface area contributed by atoms with Crippen LogP contribution in [0.4, 0.5) is 17.2 Å². The van der Waals surface area contributed by atoms with E-state index in [0.29, 0.717) is 11.6 Å². The van der Waals surface area contributed by atoms with Crippen LogP contribution in [0, 0.1) is 0 Å². The molecule has 0 aliphatic heterocycles. The van der Waals surface area contributed by atoms with Gasteiger partial charge in [-0.2, -0.15) is 5.10 Å². The number of nitrogens with zero attached hydrogens (tertiary/aromatic N) is 1. The lowest BCUT2D eigenvalue weighted by atomic mass is 10.0. The van der Waals surface area contributed by atoms with E-state index in [4.69, 9.17) is 11.6 Å². The number of aromatic amines is 1. The molecule has 1 aromatic heterocycles. The maximum Gasteiger partial charge on any atom is 0.145 e. The minimum absolute atomic E-state index is 0.691. The van der Waals surface area contributed by atoms with Crippen molar-refractivity contribution in [2.24, 2.45) is 0 Å². The van der Waals surface area contributed by atoms with Gasteiger partial charge in [-0.25, -0.2) is 0 Å². The van der Waals surface area contributed by atoms with Gasteiger partial charge in [-0.3, -0.25) is 5.10 Å². The quantitative estimate of drug-likeness (QED) is 0.383. The molecule has 1 heterocycles. The minimum Gasteiger partial charge on any atom is -0.365 e. The average Bonchev–Trinajstić information content (AvgIpc) is 3.14. The Morgan fingerprint density at radius 3 is 2.41 bits per heavy atom. The molecular weight excluding hydrogens is 356 g/mol. The van der Waals surface area contributed by atoms with Crippen LogP contribution in [0.5, 0.6) is 0 Å². The first-order chi connectivity index (χ1) is 13.3. The number of anilines is 3. The van der Waals surface area contributed by atoms with Crippen LogP contribution in [0.1, 0.15) is 5.56 Å². The van der Waals surface area contributed by atoms with Crippen LogP contribution < -0.4 is 10.6 Å². The van der Waals surface area contributed by atoms with Gasteiger partial charge in [0.2, 0.25) is 0 Å². The lowest BCUT2D eigenvalue weighted by Gasteiger charge is -2.10. The van der Waals surface area contributed by atoms with Crippen LogP contribution in [0.2, 0.25) is 5.02 Å². The fourth-order valence-corrected chi connectivity index (χ4v) is 3.06. The fourth-order valence-electron chi connectivity index (χ4n) is 2.87. The second kappa shape index (κ2) is 7.98. The number of halogens is 1. The molecule has 0 spiro atoms. The summed E-state index contributed by atoms with van der Waals surface area (Å²) in [6, 6.07) is 26.5. The predicted molar refractivity (Wildman–Crippen MR) is 113 cm³/mol. The molecule has 0 aliphatic rings. The number of nitrogens with one attached hydrogen (secondary N) is 3. The summed E-state index contributed by atoms with van der Waals surface area (Å²) < 4.78 is 0. The van der Waals surface area contributed by atoms with Crippen molar-refractivity contribution in [3.05, 3.63) is 95.6 Å². The number of rotatable bonds is 6. The molecule has 0 saturated carbocycles. The second-order valence-corrected chi connectivity index (χ2v) is 6.65. The standard InChI is InChI=1S/C22H19ClN4/c23-19-7-4-8-20(13-19)26-21-15-25-27-22(21)24-14-16-9-11-18(12-10-16)17-5-2-1-3-6-17/h1-13,15,26H,14H2,(H2,24,25,27). The van der Waals surface area contributed by atoms with Crippen molar-refractivity contribution < 1.29 is 0 Å². The molecule has 3 N–H and O–H groups in total. The lowest BCUT2D eigenvalue weighted by molar-refractivity contribution is 1.05. The number of benzene rings is 3. The second-order valence-electron chi connectivity index (χ2n) is 6.21. The SMILES string of the molecule is Clc1cccc(Nc2cn[nH]c2NCc2ccc(-c3ccccc3)cc2)c1. The monoisotopic (exact) mass is 374 g/mol. The molecule has 27 heavy (non-hydrogen) atoms. The summed E-state index contributed by atoms with van der Waals surface area (Å²) in [4.78, 5) is 0. The summed E-state index contributed by atoms with van der Waals surface area (Å²) >= 11 is 6.04. The van der Waals surface area contributed by atoms with Crippen molar-refractivity contribution in [2.75, 3.05) is 10.6 Å². The van der Waals surface area contributed by atoms with Crippen LogP contribution in [0.3, 0.4) is 0 Å². The van der Waals surface area contributed by atoms with Crippen LogP contribution >= 0.6 is 11.6 Å². The van der Waals surface area contributed by atoms with Gasteiger partial charge in [0, 0.05) is 17.3 Å². The van der Waals surface area contributed by atoms with E-state index in [1.807, 2.05) is 30.3 Å². The van der Waals surface area contributed by atoms with E-state index in [1.165, 1.54) is 16.7 Å². The average molecular weight is 375 g/mol. The highest BCUT2D eigenvalue weighted by atomic mass is 35.5. The molecule has 4 nitrogen and oxygen atoms in total. The van der Waals surface area contributed by atoms with Crippen molar-refractivity contribution in [3.8, 4) is 11.1 Å². The third-order valence-electron chi connectivity index (χ3n) is 4.27. The molecule has 0 aliphatic carbocycles. The number of hydrogen-bond acceptors (Lipinski definition) is 3. The van der Waals surface area contributed by atoms with Gasteiger partial charge < -0.3 is 10.6 Å². The molecule has 3 aromatic carbocycles. The van der Waals surface area contributed by atoms with Gasteiger partial charge in [0.15, 0.2) is 0 Å². The van der Waals surface area contributed by atoms with E-state index in [-0.39, 0.29) is 0 Å². The summed E-state index contributed by atoms with van der Waals surface area (Å²) in [7, 11) is 0. The van der Waals surface area contributed by atoms with Crippen molar-refractivity contribution in [1.82, 2.24) is 10.2 Å². The third kappa shape index (κ3) is 4.30. The highest BCUT2D eigenvalue weighted by Crippen LogP contribution is 2.25. The highest BCUT2D eigenvalue weighted by molar-refractivity contribution is 6.30. The van der Waals surface area contributed by atoms with Crippen molar-refractivity contribution in [2.45, 2.75) is 6.54 Å². The molecule has 4 aromatic rings. The Morgan fingerprint density at radius 2 is 1.63 bits per heavy atom. The Hall–Kier alpha value is -3.24. The fraction of sp³-hybridized carbons (Fsp3) is 0.0455. The molecule has 4 rings (SSSR count). The zero-order valence-corrected chi connectivity index (χ0v) is 15.4. The molecule has 0 atom stereocenters. The van der Waals surface area contributed by atoms with Crippen LogP contribution in [-0.4, -0.2) is 10.2 Å². The zero-order valence-electron chi connectivity index (χ0n) is 14.6. The maximum atomic E-state index is 6.04. The molecular formula is C22H19ClN4.